The zero-order valence-corrected chi connectivity index (χ0v) is 10.3. The van der Waals surface area contributed by atoms with Crippen molar-refractivity contribution < 1.29 is 0 Å². The summed E-state index contributed by atoms with van der Waals surface area (Å²) in [6, 6.07) is 7.93. The van der Waals surface area contributed by atoms with Crippen LogP contribution >= 0.6 is 23.1 Å². The van der Waals surface area contributed by atoms with E-state index < -0.39 is 0 Å². The van der Waals surface area contributed by atoms with Crippen molar-refractivity contribution in [1.82, 2.24) is 15.2 Å². The third-order valence-corrected chi connectivity index (χ3v) is 4.22. The van der Waals surface area contributed by atoms with Gasteiger partial charge in [0.25, 0.3) is 0 Å². The van der Waals surface area contributed by atoms with Gasteiger partial charge in [-0.3, -0.25) is 4.98 Å². The Kier molecular flexibility index (Phi) is 2.66. The van der Waals surface area contributed by atoms with Crippen LogP contribution < -0.4 is 5.73 Å². The van der Waals surface area contributed by atoms with Gasteiger partial charge < -0.3 is 5.73 Å². The average molecular weight is 260 g/mol. The van der Waals surface area contributed by atoms with E-state index in [1.54, 1.807) is 11.7 Å². The van der Waals surface area contributed by atoms with Crippen molar-refractivity contribution in [2.75, 3.05) is 5.73 Å². The predicted molar refractivity (Wildman–Crippen MR) is 70.2 cm³/mol. The van der Waals surface area contributed by atoms with Crippen LogP contribution in [0.2, 0.25) is 0 Å². The Morgan fingerprint density at radius 1 is 1.24 bits per heavy atom. The van der Waals surface area contributed by atoms with Crippen LogP contribution in [-0.2, 0) is 0 Å². The highest BCUT2D eigenvalue weighted by molar-refractivity contribution is 8.01. The third-order valence-electron chi connectivity index (χ3n) is 2.28. The number of nitrogens with zero attached hydrogens (tertiary/aromatic N) is 3. The molecule has 0 aliphatic carbocycles. The average Bonchev–Trinajstić information content (AvgIpc) is 2.86. The van der Waals surface area contributed by atoms with E-state index >= 15 is 0 Å². The largest absolute Gasteiger partial charge is 0.397 e. The fourth-order valence-corrected chi connectivity index (χ4v) is 3.11. The number of anilines is 1. The molecule has 3 rings (SSSR count). The molecule has 0 saturated heterocycles. The van der Waals surface area contributed by atoms with E-state index in [1.807, 2.05) is 24.3 Å². The summed E-state index contributed by atoms with van der Waals surface area (Å²) in [7, 11) is 0. The topological polar surface area (TPSA) is 64.7 Å². The second kappa shape index (κ2) is 4.31. The Morgan fingerprint density at radius 2 is 2.12 bits per heavy atom. The number of nitrogen functional groups attached to an aromatic ring is 1. The minimum Gasteiger partial charge on any atom is -0.397 e. The van der Waals surface area contributed by atoms with E-state index in [4.69, 9.17) is 5.73 Å². The first kappa shape index (κ1) is 10.5. The molecule has 0 aliphatic rings. The van der Waals surface area contributed by atoms with E-state index in [2.05, 4.69) is 15.2 Å². The molecule has 17 heavy (non-hydrogen) atoms. The van der Waals surface area contributed by atoms with Crippen molar-refractivity contribution in [2.24, 2.45) is 0 Å². The maximum Gasteiger partial charge on any atom is 0.178 e. The third kappa shape index (κ3) is 1.96. The van der Waals surface area contributed by atoms with Crippen LogP contribution in [0, 0.1) is 0 Å². The Hall–Kier alpha value is -1.66. The summed E-state index contributed by atoms with van der Waals surface area (Å²) in [5, 5.41) is 8.88. The van der Waals surface area contributed by atoms with Crippen LogP contribution in [0.4, 0.5) is 5.69 Å². The van der Waals surface area contributed by atoms with Gasteiger partial charge >= 0.3 is 0 Å². The van der Waals surface area contributed by atoms with Crippen molar-refractivity contribution in [3.8, 4) is 0 Å². The van der Waals surface area contributed by atoms with Gasteiger partial charge in [-0.05, 0) is 6.07 Å². The number of pyridine rings is 1. The molecule has 0 unspecified atom stereocenters. The van der Waals surface area contributed by atoms with Crippen molar-refractivity contribution in [2.45, 2.75) is 9.24 Å². The van der Waals surface area contributed by atoms with Crippen LogP contribution in [0.5, 0.6) is 0 Å². The Morgan fingerprint density at radius 3 is 2.94 bits per heavy atom. The number of nitrogens with two attached hydrogens (primary N) is 1. The molecule has 2 heterocycles. The lowest BCUT2D eigenvalue weighted by molar-refractivity contribution is 1.01. The summed E-state index contributed by atoms with van der Waals surface area (Å²) in [6.45, 7) is 0. The molecule has 0 atom stereocenters. The summed E-state index contributed by atoms with van der Waals surface area (Å²) in [5.74, 6) is 0. The first-order valence-corrected chi connectivity index (χ1v) is 6.61. The van der Waals surface area contributed by atoms with Gasteiger partial charge in [0.15, 0.2) is 4.34 Å². The van der Waals surface area contributed by atoms with E-state index in [9.17, 15) is 0 Å². The van der Waals surface area contributed by atoms with Crippen LogP contribution in [0.25, 0.3) is 10.9 Å². The smallest absolute Gasteiger partial charge is 0.178 e. The van der Waals surface area contributed by atoms with Crippen LogP contribution in [0.1, 0.15) is 0 Å². The molecule has 6 heteroatoms. The standard InChI is InChI=1S/C11H8N4S2/c12-8-5-13-9-4-2-1-3-7(9)10(8)17-11-15-14-6-16-11/h1-6H,12H2. The number of para-hydroxylation sites is 1. The highest BCUT2D eigenvalue weighted by Gasteiger charge is 2.09. The van der Waals surface area contributed by atoms with Crippen molar-refractivity contribution in [1.29, 1.82) is 0 Å². The number of benzene rings is 1. The van der Waals surface area contributed by atoms with E-state index in [-0.39, 0.29) is 0 Å². The highest BCUT2D eigenvalue weighted by Crippen LogP contribution is 2.37. The molecule has 0 fully saturated rings. The Bertz CT molecular complexity index is 652. The van der Waals surface area contributed by atoms with Crippen molar-refractivity contribution in [3.63, 3.8) is 0 Å². The number of fused-ring (bicyclic) bond motifs is 1. The van der Waals surface area contributed by atoms with Crippen molar-refractivity contribution >= 4 is 39.7 Å². The molecule has 0 bridgehead atoms. The first-order valence-electron chi connectivity index (χ1n) is 4.92. The molecule has 84 valence electrons. The molecule has 0 radical (unpaired) electrons. The number of aromatic nitrogens is 3. The van der Waals surface area contributed by atoms with E-state index in [0.29, 0.717) is 5.69 Å². The van der Waals surface area contributed by atoms with Crippen LogP contribution in [0.3, 0.4) is 0 Å². The molecular formula is C11H8N4S2. The molecule has 3 aromatic rings. The maximum absolute atomic E-state index is 5.98. The van der Waals surface area contributed by atoms with Gasteiger partial charge in [0, 0.05) is 10.3 Å². The van der Waals surface area contributed by atoms with Gasteiger partial charge in [-0.15, -0.1) is 10.2 Å². The highest BCUT2D eigenvalue weighted by atomic mass is 32.2. The van der Waals surface area contributed by atoms with Crippen LogP contribution in [0.15, 0.2) is 45.2 Å². The summed E-state index contributed by atoms with van der Waals surface area (Å²) in [6.07, 6.45) is 1.69. The minimum atomic E-state index is 0.670. The number of hydrogen-bond donors (Lipinski definition) is 1. The molecule has 1 aromatic carbocycles. The summed E-state index contributed by atoms with van der Waals surface area (Å²) < 4.78 is 0.882. The quantitative estimate of drug-likeness (QED) is 0.767. The Labute approximate surface area is 106 Å². The molecular weight excluding hydrogens is 252 g/mol. The molecule has 2 N–H and O–H groups in total. The van der Waals surface area contributed by atoms with Gasteiger partial charge in [-0.2, -0.15) is 0 Å². The second-order valence-corrected chi connectivity index (χ2v) is 5.46. The Balaban J connectivity index is 2.17. The van der Waals surface area contributed by atoms with Gasteiger partial charge in [0.2, 0.25) is 0 Å². The SMILES string of the molecule is Nc1cnc2ccccc2c1Sc1nncs1. The molecule has 0 aliphatic heterocycles. The van der Waals surface area contributed by atoms with Crippen molar-refractivity contribution in [3.05, 3.63) is 36.0 Å². The zero-order valence-electron chi connectivity index (χ0n) is 8.70. The minimum absolute atomic E-state index is 0.670. The molecule has 4 nitrogen and oxygen atoms in total. The summed E-state index contributed by atoms with van der Waals surface area (Å²) in [4.78, 5) is 5.29. The molecule has 0 amide bonds. The summed E-state index contributed by atoms with van der Waals surface area (Å²) in [5.41, 5.74) is 9.30. The first-order chi connectivity index (χ1) is 8.34. The van der Waals surface area contributed by atoms with E-state index in [0.717, 1.165) is 20.1 Å². The molecule has 0 spiro atoms. The monoisotopic (exact) mass is 260 g/mol. The second-order valence-electron chi connectivity index (χ2n) is 3.37. The predicted octanol–water partition coefficient (Wildman–Crippen LogP) is 2.82. The lowest BCUT2D eigenvalue weighted by atomic mass is 10.2. The van der Waals surface area contributed by atoms with E-state index in [1.165, 1.54) is 23.1 Å². The molecule has 2 aromatic heterocycles. The molecule has 0 saturated carbocycles. The fraction of sp³-hybridized carbons (Fsp3) is 0. The number of hydrogen-bond acceptors (Lipinski definition) is 6. The maximum atomic E-state index is 5.98. The summed E-state index contributed by atoms with van der Waals surface area (Å²) >= 11 is 3.03. The normalized spacial score (nSPS) is 10.8. The van der Waals surface area contributed by atoms with Gasteiger partial charge in [-0.1, -0.05) is 41.3 Å². The zero-order chi connectivity index (χ0) is 11.7. The van der Waals surface area contributed by atoms with Gasteiger partial charge in [-0.25, -0.2) is 0 Å². The number of rotatable bonds is 2. The van der Waals surface area contributed by atoms with Gasteiger partial charge in [0.1, 0.15) is 5.51 Å². The van der Waals surface area contributed by atoms with Crippen LogP contribution in [-0.4, -0.2) is 15.2 Å². The lowest BCUT2D eigenvalue weighted by Crippen LogP contribution is -1.92. The van der Waals surface area contributed by atoms with Gasteiger partial charge in [0.05, 0.1) is 17.4 Å². The lowest BCUT2D eigenvalue weighted by Gasteiger charge is -2.06. The fourth-order valence-electron chi connectivity index (χ4n) is 1.54.